The number of amides is 1. The lowest BCUT2D eigenvalue weighted by molar-refractivity contribution is -0.116. The molecule has 2 aromatic carbocycles. The van der Waals surface area contributed by atoms with E-state index in [0.717, 1.165) is 54.6 Å². The molecule has 6 nitrogen and oxygen atoms in total. The fourth-order valence-electron chi connectivity index (χ4n) is 4.17. The number of rotatable bonds is 6. The Morgan fingerprint density at radius 2 is 2.00 bits per heavy atom. The molecule has 31 heavy (non-hydrogen) atoms. The second-order valence-electron chi connectivity index (χ2n) is 7.77. The number of hydrogen-bond donors (Lipinski definition) is 0. The Hall–Kier alpha value is -2.35. The molecule has 5 rings (SSSR count). The molecular weight excluding hydrogens is 432 g/mol. The van der Waals surface area contributed by atoms with Crippen LogP contribution in [0.4, 0.5) is 5.69 Å². The number of halogens is 1. The van der Waals surface area contributed by atoms with Crippen LogP contribution in [0.1, 0.15) is 18.4 Å². The van der Waals surface area contributed by atoms with E-state index in [0.29, 0.717) is 17.3 Å². The molecule has 3 aromatic rings. The van der Waals surface area contributed by atoms with Crippen molar-refractivity contribution in [2.24, 2.45) is 0 Å². The summed E-state index contributed by atoms with van der Waals surface area (Å²) in [7, 11) is 0. The lowest BCUT2D eigenvalue weighted by Crippen LogP contribution is -2.30. The predicted octanol–water partition coefficient (Wildman–Crippen LogP) is 4.46. The molecule has 1 aromatic heterocycles. The summed E-state index contributed by atoms with van der Waals surface area (Å²) in [5.41, 5.74) is 3.20. The van der Waals surface area contributed by atoms with Crippen LogP contribution in [0.5, 0.6) is 0 Å². The molecule has 2 aliphatic heterocycles. The van der Waals surface area contributed by atoms with Gasteiger partial charge in [0.25, 0.3) is 0 Å². The average Bonchev–Trinajstić information content (AvgIpc) is 3.53. The van der Waals surface area contributed by atoms with Crippen molar-refractivity contribution in [1.29, 1.82) is 0 Å². The number of aromatic nitrogens is 3. The summed E-state index contributed by atoms with van der Waals surface area (Å²) in [6.45, 7) is 2.20. The minimum Gasteiger partial charge on any atom is -0.376 e. The van der Waals surface area contributed by atoms with Crippen LogP contribution < -0.4 is 4.90 Å². The molecule has 1 saturated heterocycles. The van der Waals surface area contributed by atoms with E-state index in [2.05, 4.69) is 20.8 Å². The highest BCUT2D eigenvalue weighted by molar-refractivity contribution is 7.99. The number of para-hydroxylation sites is 1. The van der Waals surface area contributed by atoms with Crippen LogP contribution in [0.15, 0.2) is 53.7 Å². The normalized spacial score (nSPS) is 17.8. The zero-order chi connectivity index (χ0) is 21.2. The van der Waals surface area contributed by atoms with E-state index >= 15 is 0 Å². The number of fused-ring (bicyclic) bond motifs is 1. The number of nitrogens with zero attached hydrogens (tertiary/aromatic N) is 4. The summed E-state index contributed by atoms with van der Waals surface area (Å²) in [5, 5.41) is 10.3. The molecule has 0 aliphatic carbocycles. The molecule has 0 radical (unpaired) electrons. The van der Waals surface area contributed by atoms with E-state index in [-0.39, 0.29) is 12.0 Å². The average molecular weight is 455 g/mol. The highest BCUT2D eigenvalue weighted by Gasteiger charge is 2.26. The third-order valence-corrected chi connectivity index (χ3v) is 6.95. The standard InChI is InChI=1S/C23H23ClN4O2S/c24-18-9-7-17(8-10-18)22-25-26-23(28(22)14-19-5-3-13-30-19)31-15-21(29)27-12-11-16-4-1-2-6-20(16)27/h1-2,4,6-10,19H,3,5,11-15H2/t19-/m0/s1. The van der Waals surface area contributed by atoms with Gasteiger partial charge in [-0.05, 0) is 55.2 Å². The number of ether oxygens (including phenoxy) is 1. The molecule has 1 amide bonds. The van der Waals surface area contributed by atoms with Crippen molar-refractivity contribution in [2.75, 3.05) is 23.8 Å². The van der Waals surface area contributed by atoms with Gasteiger partial charge in [0.05, 0.1) is 18.4 Å². The fraction of sp³-hybridized carbons (Fsp3) is 0.348. The summed E-state index contributed by atoms with van der Waals surface area (Å²) in [6, 6.07) is 15.7. The van der Waals surface area contributed by atoms with Gasteiger partial charge in [-0.2, -0.15) is 0 Å². The minimum atomic E-state index is 0.0923. The Bertz CT molecular complexity index is 1080. The molecular formula is C23H23ClN4O2S. The van der Waals surface area contributed by atoms with Gasteiger partial charge in [-0.3, -0.25) is 9.36 Å². The van der Waals surface area contributed by atoms with E-state index in [1.807, 2.05) is 47.4 Å². The molecule has 160 valence electrons. The van der Waals surface area contributed by atoms with Crippen LogP contribution in [0.2, 0.25) is 5.02 Å². The summed E-state index contributed by atoms with van der Waals surface area (Å²) in [4.78, 5) is 14.8. The van der Waals surface area contributed by atoms with Crippen molar-refractivity contribution in [1.82, 2.24) is 14.8 Å². The van der Waals surface area contributed by atoms with Gasteiger partial charge in [-0.15, -0.1) is 10.2 Å². The first-order chi connectivity index (χ1) is 15.2. The zero-order valence-electron chi connectivity index (χ0n) is 17.0. The van der Waals surface area contributed by atoms with Gasteiger partial charge in [0.1, 0.15) is 0 Å². The molecule has 0 bridgehead atoms. The molecule has 0 spiro atoms. The van der Waals surface area contributed by atoms with E-state index in [4.69, 9.17) is 16.3 Å². The van der Waals surface area contributed by atoms with Crippen molar-refractivity contribution >= 4 is 35.0 Å². The molecule has 8 heteroatoms. The molecule has 1 fully saturated rings. The third-order valence-electron chi connectivity index (χ3n) is 5.74. The van der Waals surface area contributed by atoms with Crippen molar-refractivity contribution in [2.45, 2.75) is 37.1 Å². The van der Waals surface area contributed by atoms with Crippen LogP contribution in [0.25, 0.3) is 11.4 Å². The SMILES string of the molecule is O=C(CSc1nnc(-c2ccc(Cl)cc2)n1C[C@@H]1CCCO1)N1CCc2ccccc21. The lowest BCUT2D eigenvalue weighted by Gasteiger charge is -2.18. The Morgan fingerprint density at radius 3 is 2.81 bits per heavy atom. The number of benzene rings is 2. The maximum atomic E-state index is 13.0. The highest BCUT2D eigenvalue weighted by atomic mass is 35.5. The lowest BCUT2D eigenvalue weighted by atomic mass is 10.2. The van der Waals surface area contributed by atoms with Gasteiger partial charge >= 0.3 is 0 Å². The van der Waals surface area contributed by atoms with E-state index < -0.39 is 0 Å². The van der Waals surface area contributed by atoms with Gasteiger partial charge in [0.15, 0.2) is 11.0 Å². The second-order valence-corrected chi connectivity index (χ2v) is 9.15. The van der Waals surface area contributed by atoms with Crippen molar-refractivity contribution in [3.63, 3.8) is 0 Å². The number of carbonyl (C=O) groups is 1. The number of anilines is 1. The minimum absolute atomic E-state index is 0.0923. The van der Waals surface area contributed by atoms with Gasteiger partial charge in [0, 0.05) is 29.4 Å². The monoisotopic (exact) mass is 454 g/mol. The van der Waals surface area contributed by atoms with Gasteiger partial charge in [0.2, 0.25) is 5.91 Å². The topological polar surface area (TPSA) is 60.3 Å². The largest absolute Gasteiger partial charge is 0.376 e. The highest BCUT2D eigenvalue weighted by Crippen LogP contribution is 2.30. The molecule has 0 N–H and O–H groups in total. The number of hydrogen-bond acceptors (Lipinski definition) is 5. The number of thioether (sulfide) groups is 1. The molecule has 3 heterocycles. The predicted molar refractivity (Wildman–Crippen MR) is 123 cm³/mol. The first-order valence-electron chi connectivity index (χ1n) is 10.5. The Kier molecular flexibility index (Phi) is 5.98. The Balaban J connectivity index is 1.36. The molecule has 2 aliphatic rings. The summed E-state index contributed by atoms with van der Waals surface area (Å²) >= 11 is 7.49. The first-order valence-corrected chi connectivity index (χ1v) is 11.9. The zero-order valence-corrected chi connectivity index (χ0v) is 18.6. The van der Waals surface area contributed by atoms with Crippen LogP contribution in [-0.4, -0.2) is 45.7 Å². The quantitative estimate of drug-likeness (QED) is 0.514. The van der Waals surface area contributed by atoms with Crippen LogP contribution >= 0.6 is 23.4 Å². The van der Waals surface area contributed by atoms with Gasteiger partial charge in [-0.25, -0.2) is 0 Å². The Morgan fingerprint density at radius 1 is 1.16 bits per heavy atom. The van der Waals surface area contributed by atoms with E-state index in [1.165, 1.54) is 17.3 Å². The third kappa shape index (κ3) is 4.35. The van der Waals surface area contributed by atoms with Gasteiger partial charge < -0.3 is 9.64 Å². The van der Waals surface area contributed by atoms with Gasteiger partial charge in [-0.1, -0.05) is 41.6 Å². The van der Waals surface area contributed by atoms with Crippen molar-refractivity contribution < 1.29 is 9.53 Å². The number of carbonyl (C=O) groups excluding carboxylic acids is 1. The maximum absolute atomic E-state index is 13.0. The Labute approximate surface area is 190 Å². The first kappa shape index (κ1) is 20.5. The summed E-state index contributed by atoms with van der Waals surface area (Å²) in [6.07, 6.45) is 3.13. The van der Waals surface area contributed by atoms with E-state index in [1.54, 1.807) is 0 Å². The van der Waals surface area contributed by atoms with Crippen LogP contribution in [0.3, 0.4) is 0 Å². The summed E-state index contributed by atoms with van der Waals surface area (Å²) < 4.78 is 7.93. The molecule has 1 atom stereocenters. The second kappa shape index (κ2) is 9.02. The summed E-state index contributed by atoms with van der Waals surface area (Å²) in [5.74, 6) is 1.18. The molecule has 0 unspecified atom stereocenters. The van der Waals surface area contributed by atoms with E-state index in [9.17, 15) is 4.79 Å². The smallest absolute Gasteiger partial charge is 0.237 e. The fourth-order valence-corrected chi connectivity index (χ4v) is 5.12. The van der Waals surface area contributed by atoms with Crippen molar-refractivity contribution in [3.8, 4) is 11.4 Å². The maximum Gasteiger partial charge on any atom is 0.237 e. The molecule has 0 saturated carbocycles. The van der Waals surface area contributed by atoms with Crippen molar-refractivity contribution in [3.05, 3.63) is 59.1 Å². The van der Waals surface area contributed by atoms with Crippen LogP contribution in [0, 0.1) is 0 Å². The van der Waals surface area contributed by atoms with Crippen LogP contribution in [-0.2, 0) is 22.5 Å².